The van der Waals surface area contributed by atoms with Crippen LogP contribution in [0.1, 0.15) is 24.0 Å². The van der Waals surface area contributed by atoms with Crippen LogP contribution >= 0.6 is 0 Å². The summed E-state index contributed by atoms with van der Waals surface area (Å²) >= 11 is 0. The van der Waals surface area contributed by atoms with Crippen molar-refractivity contribution >= 4 is 27.5 Å². The van der Waals surface area contributed by atoms with Crippen molar-refractivity contribution in [1.82, 2.24) is 9.80 Å². The fraction of sp³-hybridized carbons (Fsp3) is 0.364. The van der Waals surface area contributed by atoms with E-state index in [4.69, 9.17) is 0 Å². The molecule has 2 aliphatic rings. The summed E-state index contributed by atoms with van der Waals surface area (Å²) in [6.45, 7) is 1.57. The molecule has 1 N–H and O–H groups in total. The van der Waals surface area contributed by atoms with Crippen molar-refractivity contribution in [3.05, 3.63) is 59.7 Å². The average molecular weight is 427 g/mol. The van der Waals surface area contributed by atoms with Gasteiger partial charge in [0.15, 0.2) is 5.84 Å². The van der Waals surface area contributed by atoms with E-state index in [0.717, 1.165) is 25.1 Å². The Morgan fingerprint density at radius 3 is 2.63 bits per heavy atom. The van der Waals surface area contributed by atoms with Crippen LogP contribution in [0.2, 0.25) is 0 Å². The van der Waals surface area contributed by atoms with Crippen LogP contribution in [0.4, 0.5) is 5.69 Å². The lowest BCUT2D eigenvalue weighted by molar-refractivity contribution is -0.119. The molecule has 1 fully saturated rings. The number of sulfonamides is 1. The molecule has 4 rings (SSSR count). The van der Waals surface area contributed by atoms with Gasteiger partial charge in [0.05, 0.1) is 0 Å². The zero-order chi connectivity index (χ0) is 21.3. The van der Waals surface area contributed by atoms with Crippen molar-refractivity contribution in [3.63, 3.8) is 0 Å². The number of fused-ring (bicyclic) bond motifs is 1. The fourth-order valence-corrected chi connectivity index (χ4v) is 5.14. The summed E-state index contributed by atoms with van der Waals surface area (Å²) in [4.78, 5) is 17.2. The lowest BCUT2D eigenvalue weighted by Gasteiger charge is -2.25. The highest BCUT2D eigenvalue weighted by Crippen LogP contribution is 2.31. The number of hydrogen-bond acceptors (Lipinski definition) is 5. The van der Waals surface area contributed by atoms with Crippen LogP contribution in [-0.4, -0.2) is 63.2 Å². The molecule has 0 spiro atoms. The zero-order valence-electron chi connectivity index (χ0n) is 17.2. The first-order valence-corrected chi connectivity index (χ1v) is 11.5. The third-order valence-electron chi connectivity index (χ3n) is 5.51. The SMILES string of the molecule is CN(C)CCc1ccc(NC(=O)[C@@H]2CCCN2C2=NS(=O)(=O)c3ccccc32)cc1. The largest absolute Gasteiger partial charge is 0.343 e. The smallest absolute Gasteiger partial charge is 0.285 e. The van der Waals surface area contributed by atoms with Gasteiger partial charge in [-0.15, -0.1) is 4.40 Å². The summed E-state index contributed by atoms with van der Waals surface area (Å²) in [7, 11) is 0.378. The molecule has 0 unspecified atom stereocenters. The first-order valence-electron chi connectivity index (χ1n) is 10.1. The standard InChI is InChI=1S/C22H26N4O3S/c1-25(2)15-13-16-9-11-17(12-10-16)23-22(27)19-7-5-14-26(19)21-18-6-3-4-8-20(18)30(28,29)24-21/h3-4,6,8-12,19H,5,7,13-15H2,1-2H3,(H,23,27)/t19-/m0/s1. The molecule has 158 valence electrons. The van der Waals surface area contributed by atoms with E-state index in [-0.39, 0.29) is 10.8 Å². The Balaban J connectivity index is 1.49. The van der Waals surface area contributed by atoms with Crippen LogP contribution in [-0.2, 0) is 21.2 Å². The minimum Gasteiger partial charge on any atom is -0.343 e. The molecular formula is C22H26N4O3S. The van der Waals surface area contributed by atoms with Gasteiger partial charge in [0.2, 0.25) is 5.91 Å². The van der Waals surface area contributed by atoms with Gasteiger partial charge in [-0.3, -0.25) is 4.79 Å². The molecule has 1 saturated heterocycles. The Labute approximate surface area is 177 Å². The van der Waals surface area contributed by atoms with E-state index in [1.54, 1.807) is 24.3 Å². The number of anilines is 1. The highest BCUT2D eigenvalue weighted by Gasteiger charge is 2.39. The Kier molecular flexibility index (Phi) is 5.62. The second-order valence-corrected chi connectivity index (χ2v) is 9.55. The van der Waals surface area contributed by atoms with Gasteiger partial charge in [0, 0.05) is 24.3 Å². The molecule has 30 heavy (non-hydrogen) atoms. The molecule has 0 aliphatic carbocycles. The molecule has 0 aromatic heterocycles. The molecule has 2 aromatic carbocycles. The first-order chi connectivity index (χ1) is 14.3. The van der Waals surface area contributed by atoms with Crippen molar-refractivity contribution in [2.75, 3.05) is 32.5 Å². The summed E-state index contributed by atoms with van der Waals surface area (Å²) in [5.74, 6) is 0.236. The van der Waals surface area contributed by atoms with Crippen LogP contribution in [0.15, 0.2) is 57.8 Å². The van der Waals surface area contributed by atoms with Crippen LogP contribution in [0.3, 0.4) is 0 Å². The summed E-state index contributed by atoms with van der Waals surface area (Å²) in [5, 5.41) is 2.98. The van der Waals surface area contributed by atoms with Crippen molar-refractivity contribution in [3.8, 4) is 0 Å². The van der Waals surface area contributed by atoms with Gasteiger partial charge in [0.25, 0.3) is 10.0 Å². The van der Waals surface area contributed by atoms with E-state index in [1.807, 2.05) is 43.3 Å². The second kappa shape index (κ2) is 8.20. The number of hydrogen-bond donors (Lipinski definition) is 1. The third kappa shape index (κ3) is 4.11. The zero-order valence-corrected chi connectivity index (χ0v) is 18.0. The molecule has 2 aliphatic heterocycles. The molecule has 1 amide bonds. The predicted octanol–water partition coefficient (Wildman–Crippen LogP) is 2.34. The number of amidine groups is 1. The monoisotopic (exact) mass is 426 g/mol. The molecule has 1 atom stereocenters. The summed E-state index contributed by atoms with van der Waals surface area (Å²) < 4.78 is 28.8. The molecule has 0 saturated carbocycles. The van der Waals surface area contributed by atoms with Gasteiger partial charge in [-0.2, -0.15) is 8.42 Å². The number of amides is 1. The van der Waals surface area contributed by atoms with Crippen molar-refractivity contribution in [1.29, 1.82) is 0 Å². The van der Waals surface area contributed by atoms with Crippen molar-refractivity contribution < 1.29 is 13.2 Å². The minimum atomic E-state index is -3.71. The number of benzene rings is 2. The Bertz CT molecular complexity index is 1080. The maximum Gasteiger partial charge on any atom is 0.285 e. The van der Waals surface area contributed by atoms with Gasteiger partial charge < -0.3 is 15.1 Å². The predicted molar refractivity (Wildman–Crippen MR) is 117 cm³/mol. The van der Waals surface area contributed by atoms with E-state index in [0.29, 0.717) is 24.4 Å². The van der Waals surface area contributed by atoms with E-state index in [2.05, 4.69) is 14.6 Å². The Morgan fingerprint density at radius 1 is 1.17 bits per heavy atom. The van der Waals surface area contributed by atoms with Gasteiger partial charge >= 0.3 is 0 Å². The number of carbonyl (C=O) groups excluding carboxylic acids is 1. The number of nitrogens with zero attached hydrogens (tertiary/aromatic N) is 3. The van der Waals surface area contributed by atoms with Crippen LogP contribution < -0.4 is 5.32 Å². The second-order valence-electron chi connectivity index (χ2n) is 7.98. The van der Waals surface area contributed by atoms with Gasteiger partial charge in [0.1, 0.15) is 10.9 Å². The number of nitrogens with one attached hydrogen (secondary N) is 1. The number of rotatable bonds is 5. The molecule has 0 radical (unpaired) electrons. The molecule has 2 aromatic rings. The highest BCUT2D eigenvalue weighted by atomic mass is 32.2. The van der Waals surface area contributed by atoms with Crippen molar-refractivity contribution in [2.45, 2.75) is 30.2 Å². The van der Waals surface area contributed by atoms with Gasteiger partial charge in [-0.1, -0.05) is 24.3 Å². The normalized spacial score (nSPS) is 19.6. The van der Waals surface area contributed by atoms with Gasteiger partial charge in [-0.25, -0.2) is 0 Å². The van der Waals surface area contributed by atoms with Gasteiger partial charge in [-0.05, 0) is 63.2 Å². The first kappa shape index (κ1) is 20.6. The lowest BCUT2D eigenvalue weighted by Crippen LogP contribution is -2.43. The fourth-order valence-electron chi connectivity index (χ4n) is 3.92. The number of carbonyl (C=O) groups is 1. The maximum atomic E-state index is 13.0. The summed E-state index contributed by atoms with van der Waals surface area (Å²) in [6, 6.07) is 14.2. The Morgan fingerprint density at radius 2 is 1.90 bits per heavy atom. The molecule has 7 nitrogen and oxygen atoms in total. The molecule has 8 heteroatoms. The van der Waals surface area contributed by atoms with Crippen molar-refractivity contribution in [2.24, 2.45) is 4.40 Å². The Hall–Kier alpha value is -2.71. The van der Waals surface area contributed by atoms with E-state index in [9.17, 15) is 13.2 Å². The third-order valence-corrected chi connectivity index (χ3v) is 6.83. The molecule has 0 bridgehead atoms. The van der Waals surface area contributed by atoms with E-state index in [1.165, 1.54) is 5.56 Å². The topological polar surface area (TPSA) is 82.1 Å². The van der Waals surface area contributed by atoms with E-state index < -0.39 is 16.1 Å². The summed E-state index contributed by atoms with van der Waals surface area (Å²) in [6.07, 6.45) is 2.42. The minimum absolute atomic E-state index is 0.141. The average Bonchev–Trinajstić information content (AvgIpc) is 3.30. The molecule has 2 heterocycles. The van der Waals surface area contributed by atoms with Crippen LogP contribution in [0, 0.1) is 0 Å². The van der Waals surface area contributed by atoms with Crippen LogP contribution in [0.25, 0.3) is 0 Å². The maximum absolute atomic E-state index is 13.0. The number of likely N-dealkylation sites (tertiary alicyclic amines) is 1. The van der Waals surface area contributed by atoms with E-state index >= 15 is 0 Å². The molecular weight excluding hydrogens is 400 g/mol. The highest BCUT2D eigenvalue weighted by molar-refractivity contribution is 7.90. The van der Waals surface area contributed by atoms with Crippen LogP contribution in [0.5, 0.6) is 0 Å². The number of likely N-dealkylation sites (N-methyl/N-ethyl adjacent to an activating group) is 1. The quantitative estimate of drug-likeness (QED) is 0.794. The lowest BCUT2D eigenvalue weighted by atomic mass is 10.1. The summed E-state index contributed by atoms with van der Waals surface area (Å²) in [5.41, 5.74) is 2.52.